The van der Waals surface area contributed by atoms with E-state index in [1.165, 1.54) is 17.9 Å². The summed E-state index contributed by atoms with van der Waals surface area (Å²) in [7, 11) is 1.47. The molecule has 0 spiro atoms. The lowest BCUT2D eigenvalue weighted by Gasteiger charge is -2.31. The van der Waals surface area contributed by atoms with Crippen molar-refractivity contribution in [2.75, 3.05) is 11.4 Å². The third-order valence-corrected chi connectivity index (χ3v) is 6.62. The Morgan fingerprint density at radius 2 is 1.76 bits per heavy atom. The Labute approximate surface area is 196 Å². The van der Waals surface area contributed by atoms with Crippen LogP contribution in [0.4, 0.5) is 18.9 Å². The predicted octanol–water partition coefficient (Wildman–Crippen LogP) is 6.36. The highest BCUT2D eigenvalue weighted by Crippen LogP contribution is 2.41. The molecule has 0 atom stereocenters. The molecule has 0 saturated carbocycles. The topological polar surface area (TPSA) is 38.1 Å². The molecule has 0 bridgehead atoms. The number of fused-ring (bicyclic) bond motifs is 2. The van der Waals surface area contributed by atoms with Crippen LogP contribution in [0.1, 0.15) is 27.2 Å². The number of aryl methyl sites for hydroxylation is 1. The number of halogens is 4. The molecule has 0 N–H and O–H groups in total. The number of rotatable bonds is 3. The van der Waals surface area contributed by atoms with E-state index >= 15 is 0 Å². The van der Waals surface area contributed by atoms with Gasteiger partial charge in [0.1, 0.15) is 0 Å². The highest BCUT2D eigenvalue weighted by atomic mass is 79.9. The van der Waals surface area contributed by atoms with E-state index in [0.717, 1.165) is 22.0 Å². The Hall–Kier alpha value is -3.13. The second-order valence-electron chi connectivity index (χ2n) is 8.07. The SMILES string of the molecule is Cn1cc(-c2cc(CBr)cc3c2CCN(c2cccc4ccccc24)C3=O)c(C(F)(F)F)n1. The van der Waals surface area contributed by atoms with E-state index in [9.17, 15) is 18.0 Å². The molecule has 1 aromatic heterocycles. The predicted molar refractivity (Wildman–Crippen MR) is 126 cm³/mol. The first-order valence-corrected chi connectivity index (χ1v) is 11.5. The zero-order chi connectivity index (χ0) is 23.3. The monoisotopic (exact) mass is 513 g/mol. The summed E-state index contributed by atoms with van der Waals surface area (Å²) < 4.78 is 42.3. The fraction of sp³-hybridized carbons (Fsp3) is 0.200. The number of aromatic nitrogens is 2. The average Bonchev–Trinajstić information content (AvgIpc) is 3.21. The second kappa shape index (κ2) is 8.02. The number of hydrogen-bond donors (Lipinski definition) is 0. The van der Waals surface area contributed by atoms with E-state index < -0.39 is 11.9 Å². The van der Waals surface area contributed by atoms with Crippen LogP contribution in [-0.4, -0.2) is 22.2 Å². The van der Waals surface area contributed by atoms with Crippen LogP contribution in [0.5, 0.6) is 0 Å². The van der Waals surface area contributed by atoms with Gasteiger partial charge < -0.3 is 4.90 Å². The summed E-state index contributed by atoms with van der Waals surface area (Å²) in [4.78, 5) is 15.4. The summed E-state index contributed by atoms with van der Waals surface area (Å²) in [5.74, 6) is -0.214. The van der Waals surface area contributed by atoms with Crippen LogP contribution in [0, 0.1) is 0 Å². The van der Waals surface area contributed by atoms with Crippen LogP contribution in [0.3, 0.4) is 0 Å². The molecule has 0 radical (unpaired) electrons. The van der Waals surface area contributed by atoms with Gasteiger partial charge in [-0.3, -0.25) is 9.48 Å². The molecule has 3 aromatic carbocycles. The molecule has 4 nitrogen and oxygen atoms in total. The summed E-state index contributed by atoms with van der Waals surface area (Å²) in [6, 6.07) is 17.1. The van der Waals surface area contributed by atoms with Gasteiger partial charge in [0.25, 0.3) is 5.91 Å². The van der Waals surface area contributed by atoms with Crippen molar-refractivity contribution >= 4 is 38.3 Å². The summed E-state index contributed by atoms with van der Waals surface area (Å²) in [6.07, 6.45) is -2.78. The summed E-state index contributed by atoms with van der Waals surface area (Å²) in [5, 5.41) is 6.06. The summed E-state index contributed by atoms with van der Waals surface area (Å²) in [5.41, 5.74) is 2.05. The molecular formula is C25H19BrF3N3O. The first-order chi connectivity index (χ1) is 15.8. The Bertz CT molecular complexity index is 1390. The largest absolute Gasteiger partial charge is 0.435 e. The van der Waals surface area contributed by atoms with Gasteiger partial charge >= 0.3 is 6.18 Å². The van der Waals surface area contributed by atoms with Gasteiger partial charge in [-0.1, -0.05) is 52.3 Å². The number of amides is 1. The first kappa shape index (κ1) is 21.7. The smallest absolute Gasteiger partial charge is 0.307 e. The molecular weight excluding hydrogens is 495 g/mol. The van der Waals surface area contributed by atoms with Gasteiger partial charge in [-0.2, -0.15) is 18.3 Å². The van der Waals surface area contributed by atoms with E-state index in [2.05, 4.69) is 21.0 Å². The van der Waals surface area contributed by atoms with Crippen molar-refractivity contribution < 1.29 is 18.0 Å². The highest BCUT2D eigenvalue weighted by molar-refractivity contribution is 9.08. The van der Waals surface area contributed by atoms with E-state index in [1.54, 1.807) is 17.0 Å². The van der Waals surface area contributed by atoms with Gasteiger partial charge in [0.15, 0.2) is 5.69 Å². The molecule has 0 saturated heterocycles. The molecule has 1 aliphatic heterocycles. The van der Waals surface area contributed by atoms with Crippen LogP contribution in [-0.2, 0) is 25.0 Å². The molecule has 0 unspecified atom stereocenters. The molecule has 8 heteroatoms. The lowest BCUT2D eigenvalue weighted by molar-refractivity contribution is -0.140. The standard InChI is InChI=1S/C25H19BrF3N3O/c1-31-14-21(23(30-31)25(27,28)29)19-11-15(13-26)12-20-18(19)9-10-32(24(20)33)22-8-4-6-16-5-2-3-7-17(16)22/h2-8,11-12,14H,9-10,13H2,1H3. The fourth-order valence-corrected chi connectivity index (χ4v) is 4.87. The number of carbonyl (C=O) groups excluding carboxylic acids is 1. The number of benzene rings is 3. The minimum atomic E-state index is -4.60. The Balaban J connectivity index is 1.67. The quantitative estimate of drug-likeness (QED) is 0.299. The lowest BCUT2D eigenvalue weighted by Crippen LogP contribution is -2.38. The van der Waals surface area contributed by atoms with Crippen molar-refractivity contribution in [1.29, 1.82) is 0 Å². The molecule has 33 heavy (non-hydrogen) atoms. The Morgan fingerprint density at radius 3 is 2.52 bits per heavy atom. The van der Waals surface area contributed by atoms with Crippen LogP contribution >= 0.6 is 15.9 Å². The van der Waals surface area contributed by atoms with Crippen molar-refractivity contribution in [3.05, 3.63) is 83.2 Å². The minimum absolute atomic E-state index is 0.00420. The lowest BCUT2D eigenvalue weighted by atomic mass is 9.88. The summed E-state index contributed by atoms with van der Waals surface area (Å²) >= 11 is 3.40. The molecule has 2 heterocycles. The van der Waals surface area contributed by atoms with Crippen LogP contribution in [0.25, 0.3) is 21.9 Å². The van der Waals surface area contributed by atoms with Crippen LogP contribution in [0.15, 0.2) is 60.8 Å². The van der Waals surface area contributed by atoms with Gasteiger partial charge in [-0.15, -0.1) is 0 Å². The highest BCUT2D eigenvalue weighted by Gasteiger charge is 2.39. The summed E-state index contributed by atoms with van der Waals surface area (Å²) in [6.45, 7) is 0.377. The zero-order valence-electron chi connectivity index (χ0n) is 17.7. The Morgan fingerprint density at radius 1 is 1.03 bits per heavy atom. The van der Waals surface area contributed by atoms with E-state index in [4.69, 9.17) is 0 Å². The van der Waals surface area contributed by atoms with Crippen LogP contribution in [0.2, 0.25) is 0 Å². The fourth-order valence-electron chi connectivity index (χ4n) is 4.55. The van der Waals surface area contributed by atoms with Gasteiger partial charge in [0.05, 0.1) is 5.69 Å². The number of hydrogen-bond acceptors (Lipinski definition) is 2. The van der Waals surface area contributed by atoms with Crippen LogP contribution < -0.4 is 4.90 Å². The van der Waals surface area contributed by atoms with Gasteiger partial charge in [-0.05, 0) is 46.7 Å². The van der Waals surface area contributed by atoms with E-state index in [0.29, 0.717) is 35.0 Å². The Kier molecular flexibility index (Phi) is 5.28. The van der Waals surface area contributed by atoms with Crippen molar-refractivity contribution in [2.45, 2.75) is 17.9 Å². The zero-order valence-corrected chi connectivity index (χ0v) is 19.2. The maximum absolute atomic E-state index is 13.7. The number of alkyl halides is 4. The van der Waals surface area contributed by atoms with Gasteiger partial charge in [-0.25, -0.2) is 0 Å². The van der Waals surface area contributed by atoms with E-state index in [1.807, 2.05) is 42.5 Å². The van der Waals surface area contributed by atoms with Crippen molar-refractivity contribution in [3.63, 3.8) is 0 Å². The maximum Gasteiger partial charge on any atom is 0.435 e. The second-order valence-corrected chi connectivity index (χ2v) is 8.63. The van der Waals surface area contributed by atoms with Crippen molar-refractivity contribution in [2.24, 2.45) is 7.05 Å². The number of anilines is 1. The number of nitrogens with zero attached hydrogens (tertiary/aromatic N) is 3. The molecule has 5 rings (SSSR count). The molecule has 168 valence electrons. The third kappa shape index (κ3) is 3.72. The molecule has 0 fully saturated rings. The molecule has 0 aliphatic carbocycles. The maximum atomic E-state index is 13.7. The number of carbonyl (C=O) groups is 1. The van der Waals surface area contributed by atoms with Crippen molar-refractivity contribution in [3.8, 4) is 11.1 Å². The van der Waals surface area contributed by atoms with E-state index in [-0.39, 0.29) is 11.5 Å². The molecule has 4 aromatic rings. The minimum Gasteiger partial charge on any atom is -0.307 e. The molecule has 1 amide bonds. The third-order valence-electron chi connectivity index (χ3n) is 5.97. The average molecular weight is 514 g/mol. The normalized spacial score (nSPS) is 14.1. The molecule has 1 aliphatic rings. The first-order valence-electron chi connectivity index (χ1n) is 10.4. The van der Waals surface area contributed by atoms with Crippen molar-refractivity contribution in [1.82, 2.24) is 9.78 Å². The van der Waals surface area contributed by atoms with Gasteiger partial charge in [0.2, 0.25) is 0 Å². The van der Waals surface area contributed by atoms with Gasteiger partial charge in [0, 0.05) is 41.6 Å².